The molecule has 0 radical (unpaired) electrons. The van der Waals surface area contributed by atoms with Crippen molar-refractivity contribution in [2.75, 3.05) is 0 Å². The van der Waals surface area contributed by atoms with Gasteiger partial charge in [0.1, 0.15) is 0 Å². The fourth-order valence-electron chi connectivity index (χ4n) is 15.8. The van der Waals surface area contributed by atoms with Crippen LogP contribution in [0.15, 0.2) is 295 Å². The van der Waals surface area contributed by atoms with Crippen molar-refractivity contribution >= 4 is 23.6 Å². The summed E-state index contributed by atoms with van der Waals surface area (Å²) in [5, 5.41) is 5.87. The second-order valence-electron chi connectivity index (χ2n) is 24.4. The average Bonchev–Trinajstić information content (AvgIpc) is 1.01. The SMILES string of the molecule is CC1=C(C)C(C)C([Si](c2c(C)c(-c3ccccc3)c(-c3ccccc3)c(C)c2-c2ccccc2)(c2c(C)c(-c3ccccc3)c(-c3ccccc3)c(C)c2-c2ccccc2)c2c(C)c(-c3ccccc3)c(-c3ccccc3)c(C)c2-c2ccccc2)=C1C. The van der Waals surface area contributed by atoms with Crippen molar-refractivity contribution in [2.45, 2.75) is 69.2 Å². The van der Waals surface area contributed by atoms with Gasteiger partial charge in [0.25, 0.3) is 0 Å². The Kier molecular flexibility index (Phi) is 15.6. The number of allylic oxidation sites excluding steroid dienone is 4. The molecule has 0 nitrogen and oxygen atoms in total. The third kappa shape index (κ3) is 9.43. The molecule has 0 bridgehead atoms. The standard InChI is InChI=1S/C87H76Si/c1-56-57(2)59(4)84(58(56)3)88(85-63(8)78(69-44-26-14-27-45-69)75(66-38-20-11-21-39-66)60(5)81(85)72-50-32-17-33-51-72,86-64(9)79(70-46-28-15-29-47-70)76(67-40-22-12-23-41-67)61(6)82(86)73-52-34-18-35-53-73)87-65(10)80(71-48-30-16-31-49-71)77(68-42-24-13-25-43-68)62(7)83(87)74-54-36-19-37-55-74/h11-55,58H,1-10H3. The summed E-state index contributed by atoms with van der Waals surface area (Å²) < 4.78 is 0. The number of hydrogen-bond acceptors (Lipinski definition) is 0. The Morgan fingerprint density at radius 2 is 0.375 bits per heavy atom. The Labute approximate surface area is 524 Å². The van der Waals surface area contributed by atoms with E-state index in [2.05, 4.69) is 342 Å². The molecule has 0 N–H and O–H groups in total. The number of benzene rings is 12. The van der Waals surface area contributed by atoms with Crippen molar-refractivity contribution in [1.29, 1.82) is 0 Å². The monoisotopic (exact) mass is 1150 g/mol. The summed E-state index contributed by atoms with van der Waals surface area (Å²) in [4.78, 5) is 0. The third-order valence-corrected chi connectivity index (χ3v) is 25.5. The molecule has 13 rings (SSSR count). The first kappa shape index (κ1) is 57.4. The van der Waals surface area contributed by atoms with Crippen LogP contribution in [0.25, 0.3) is 100 Å². The van der Waals surface area contributed by atoms with Crippen LogP contribution in [-0.4, -0.2) is 8.07 Å². The molecule has 1 aliphatic carbocycles. The molecule has 88 heavy (non-hydrogen) atoms. The maximum Gasteiger partial charge on any atom is 0.179 e. The van der Waals surface area contributed by atoms with Gasteiger partial charge in [-0.15, -0.1) is 0 Å². The lowest BCUT2D eigenvalue weighted by Crippen LogP contribution is -2.73. The van der Waals surface area contributed by atoms with Crippen molar-refractivity contribution < 1.29 is 0 Å². The molecular formula is C87H76Si. The van der Waals surface area contributed by atoms with Gasteiger partial charge in [-0.1, -0.05) is 296 Å². The predicted molar refractivity (Wildman–Crippen MR) is 382 cm³/mol. The maximum atomic E-state index is 2.56. The minimum atomic E-state index is -4.14. The van der Waals surface area contributed by atoms with Crippen LogP contribution in [0, 0.1) is 47.5 Å². The lowest BCUT2D eigenvalue weighted by molar-refractivity contribution is 0.851. The quantitative estimate of drug-likeness (QED) is 0.0797. The van der Waals surface area contributed by atoms with E-state index in [-0.39, 0.29) is 5.92 Å². The summed E-state index contributed by atoms with van der Waals surface area (Å²) in [6.07, 6.45) is 0. The zero-order valence-electron chi connectivity index (χ0n) is 52.6. The molecule has 1 heteroatoms. The van der Waals surface area contributed by atoms with Crippen LogP contribution in [-0.2, 0) is 0 Å². The highest BCUT2D eigenvalue weighted by molar-refractivity contribution is 7.19. The van der Waals surface area contributed by atoms with Crippen LogP contribution >= 0.6 is 0 Å². The zero-order chi connectivity index (χ0) is 60.8. The molecule has 0 aromatic heterocycles. The Morgan fingerprint density at radius 3 is 0.545 bits per heavy atom. The number of rotatable bonds is 13. The summed E-state index contributed by atoms with van der Waals surface area (Å²) in [5.74, 6) is 0.0542. The van der Waals surface area contributed by atoms with Crippen molar-refractivity contribution in [2.24, 2.45) is 5.92 Å². The van der Waals surface area contributed by atoms with Gasteiger partial charge in [0.15, 0.2) is 8.07 Å². The molecule has 0 amide bonds. The highest BCUT2D eigenvalue weighted by Crippen LogP contribution is 2.53. The lowest BCUT2D eigenvalue weighted by atomic mass is 9.83. The largest absolute Gasteiger partial charge is 0.179 e. The van der Waals surface area contributed by atoms with E-state index in [1.807, 2.05) is 0 Å². The Balaban J connectivity index is 1.45. The van der Waals surface area contributed by atoms with Crippen LogP contribution in [0.1, 0.15) is 61.1 Å². The van der Waals surface area contributed by atoms with E-state index < -0.39 is 8.07 Å². The first-order valence-electron chi connectivity index (χ1n) is 31.4. The van der Waals surface area contributed by atoms with E-state index in [9.17, 15) is 0 Å². The molecule has 0 spiro atoms. The molecule has 0 fully saturated rings. The summed E-state index contributed by atoms with van der Waals surface area (Å²) >= 11 is 0. The first-order chi connectivity index (χ1) is 42.9. The molecule has 1 aliphatic rings. The van der Waals surface area contributed by atoms with Gasteiger partial charge in [-0.25, -0.2) is 0 Å². The molecule has 12 aromatic carbocycles. The van der Waals surface area contributed by atoms with E-state index >= 15 is 0 Å². The molecule has 12 aromatic rings. The Hall–Kier alpha value is -9.66. The van der Waals surface area contributed by atoms with Gasteiger partial charge in [-0.05, 0) is 223 Å². The zero-order valence-corrected chi connectivity index (χ0v) is 53.6. The fraction of sp³-hybridized carbons (Fsp3) is 0.126. The summed E-state index contributed by atoms with van der Waals surface area (Å²) in [6.45, 7) is 24.9. The van der Waals surface area contributed by atoms with E-state index in [1.54, 1.807) is 5.20 Å². The Bertz CT molecular complexity index is 4180. The van der Waals surface area contributed by atoms with Gasteiger partial charge < -0.3 is 0 Å². The minimum absolute atomic E-state index is 0.0542. The Morgan fingerprint density at radius 1 is 0.205 bits per heavy atom. The molecular weight excluding hydrogens is 1070 g/mol. The first-order valence-corrected chi connectivity index (χ1v) is 33.4. The fourth-order valence-corrected chi connectivity index (χ4v) is 23.2. The molecule has 0 heterocycles. The maximum absolute atomic E-state index is 4.14. The van der Waals surface area contributed by atoms with Crippen LogP contribution < -0.4 is 15.6 Å². The van der Waals surface area contributed by atoms with Gasteiger partial charge in [0.2, 0.25) is 0 Å². The van der Waals surface area contributed by atoms with Gasteiger partial charge in [0.05, 0.1) is 0 Å². The van der Waals surface area contributed by atoms with Crippen LogP contribution in [0.3, 0.4) is 0 Å². The van der Waals surface area contributed by atoms with Crippen molar-refractivity contribution in [1.82, 2.24) is 0 Å². The van der Waals surface area contributed by atoms with Crippen LogP contribution in [0.5, 0.6) is 0 Å². The molecule has 1 atom stereocenters. The van der Waals surface area contributed by atoms with Crippen molar-refractivity contribution in [3.63, 3.8) is 0 Å². The normalized spacial score (nSPS) is 13.4. The highest BCUT2D eigenvalue weighted by atomic mass is 28.3. The number of hydrogen-bond donors (Lipinski definition) is 0. The molecule has 428 valence electrons. The van der Waals surface area contributed by atoms with E-state index in [4.69, 9.17) is 0 Å². The highest BCUT2D eigenvalue weighted by Gasteiger charge is 2.56. The van der Waals surface area contributed by atoms with E-state index in [1.165, 1.54) is 166 Å². The predicted octanol–water partition coefficient (Wildman–Crippen LogP) is 21.9. The van der Waals surface area contributed by atoms with Gasteiger partial charge in [0, 0.05) is 0 Å². The summed E-state index contributed by atoms with van der Waals surface area (Å²) in [7, 11) is -4.14. The summed E-state index contributed by atoms with van der Waals surface area (Å²) in [6, 6.07) is 103. The van der Waals surface area contributed by atoms with Crippen molar-refractivity contribution in [3.05, 3.63) is 328 Å². The third-order valence-electron chi connectivity index (χ3n) is 19.7. The van der Waals surface area contributed by atoms with Crippen LogP contribution in [0.2, 0.25) is 0 Å². The van der Waals surface area contributed by atoms with Crippen LogP contribution in [0.4, 0.5) is 0 Å². The molecule has 0 aliphatic heterocycles. The van der Waals surface area contributed by atoms with E-state index in [0.717, 1.165) is 0 Å². The lowest BCUT2D eigenvalue weighted by Gasteiger charge is -2.47. The van der Waals surface area contributed by atoms with E-state index in [0.29, 0.717) is 0 Å². The average molecular weight is 1150 g/mol. The second-order valence-corrected chi connectivity index (χ2v) is 27.9. The molecule has 0 saturated carbocycles. The minimum Gasteiger partial charge on any atom is -0.0636 e. The summed E-state index contributed by atoms with van der Waals surface area (Å²) in [5.41, 5.74) is 34.5. The van der Waals surface area contributed by atoms with Gasteiger partial charge in [-0.2, -0.15) is 0 Å². The smallest absolute Gasteiger partial charge is 0.0636 e. The second kappa shape index (κ2) is 23.9. The van der Waals surface area contributed by atoms with Gasteiger partial charge in [-0.3, -0.25) is 0 Å². The van der Waals surface area contributed by atoms with Gasteiger partial charge >= 0.3 is 0 Å². The topological polar surface area (TPSA) is 0 Å². The molecule has 1 unspecified atom stereocenters. The molecule has 0 saturated heterocycles. The van der Waals surface area contributed by atoms with Crippen molar-refractivity contribution in [3.8, 4) is 100 Å².